The SMILES string of the molecule is COC(=O)c1cc(N)ccc1N1CCOCC1.COC(=O)c1cc([N+](=O)[O-])ccc1N1CCOCC1. The van der Waals surface area contributed by atoms with E-state index in [9.17, 15) is 19.7 Å². The maximum absolute atomic E-state index is 11.7. The molecular weight excluding hydrogens is 472 g/mol. The van der Waals surface area contributed by atoms with Crippen LogP contribution in [0.2, 0.25) is 0 Å². The molecule has 2 heterocycles. The zero-order chi connectivity index (χ0) is 26.1. The van der Waals surface area contributed by atoms with Crippen LogP contribution in [0, 0.1) is 10.1 Å². The van der Waals surface area contributed by atoms with Crippen molar-refractivity contribution in [2.45, 2.75) is 0 Å². The van der Waals surface area contributed by atoms with Crippen LogP contribution in [-0.2, 0) is 18.9 Å². The standard InChI is InChI=1S/C12H14N2O5.C12H16N2O3/c1-18-12(15)10-8-9(14(16)17)2-3-11(10)13-4-6-19-7-5-13;1-16-12(15)10-8-9(13)2-3-11(10)14-4-6-17-7-5-14/h2-3,8H,4-7H2,1H3;2-3,8H,4-7,13H2,1H3. The van der Waals surface area contributed by atoms with Crippen molar-refractivity contribution < 1.29 is 33.5 Å². The van der Waals surface area contributed by atoms with Gasteiger partial charge in [-0.05, 0) is 24.3 Å². The van der Waals surface area contributed by atoms with Crippen LogP contribution in [0.15, 0.2) is 36.4 Å². The first-order valence-electron chi connectivity index (χ1n) is 11.4. The number of nitrogens with zero attached hydrogens (tertiary/aromatic N) is 3. The van der Waals surface area contributed by atoms with E-state index in [1.165, 1.54) is 26.4 Å². The average Bonchev–Trinajstić information content (AvgIpc) is 2.93. The number of esters is 2. The minimum Gasteiger partial charge on any atom is -0.465 e. The number of carbonyl (C=O) groups excluding carboxylic acids is 2. The van der Waals surface area contributed by atoms with Gasteiger partial charge in [-0.2, -0.15) is 0 Å². The lowest BCUT2D eigenvalue weighted by molar-refractivity contribution is -0.384. The Morgan fingerprint density at radius 3 is 1.72 bits per heavy atom. The van der Waals surface area contributed by atoms with Gasteiger partial charge in [0.2, 0.25) is 0 Å². The molecule has 4 rings (SSSR count). The molecule has 0 atom stereocenters. The number of hydrogen-bond acceptors (Lipinski definition) is 11. The van der Waals surface area contributed by atoms with Crippen LogP contribution in [0.1, 0.15) is 20.7 Å². The molecule has 2 aliphatic rings. The highest BCUT2D eigenvalue weighted by Crippen LogP contribution is 2.27. The number of ether oxygens (including phenoxy) is 4. The maximum Gasteiger partial charge on any atom is 0.340 e. The first kappa shape index (κ1) is 26.7. The van der Waals surface area contributed by atoms with E-state index in [0.717, 1.165) is 18.8 Å². The Morgan fingerprint density at radius 1 is 0.833 bits per heavy atom. The highest BCUT2D eigenvalue weighted by atomic mass is 16.6. The second kappa shape index (κ2) is 12.7. The van der Waals surface area contributed by atoms with Gasteiger partial charge in [-0.25, -0.2) is 9.59 Å². The van der Waals surface area contributed by atoms with Crippen LogP contribution >= 0.6 is 0 Å². The van der Waals surface area contributed by atoms with Crippen LogP contribution in [0.5, 0.6) is 0 Å². The van der Waals surface area contributed by atoms with Crippen LogP contribution in [0.4, 0.5) is 22.7 Å². The summed E-state index contributed by atoms with van der Waals surface area (Å²) >= 11 is 0. The lowest BCUT2D eigenvalue weighted by atomic mass is 10.1. The molecule has 2 aliphatic heterocycles. The molecule has 36 heavy (non-hydrogen) atoms. The molecule has 0 radical (unpaired) electrons. The molecule has 0 aliphatic carbocycles. The summed E-state index contributed by atoms with van der Waals surface area (Å²) in [6, 6.07) is 9.50. The molecule has 2 fully saturated rings. The van der Waals surface area contributed by atoms with Gasteiger partial charge in [0.15, 0.2) is 0 Å². The highest BCUT2D eigenvalue weighted by molar-refractivity contribution is 5.97. The van der Waals surface area contributed by atoms with Crippen LogP contribution in [0.3, 0.4) is 0 Å². The van der Waals surface area contributed by atoms with E-state index >= 15 is 0 Å². The van der Waals surface area contributed by atoms with Crippen molar-refractivity contribution in [3.05, 3.63) is 57.6 Å². The van der Waals surface area contributed by atoms with Crippen molar-refractivity contribution in [1.82, 2.24) is 0 Å². The first-order chi connectivity index (χ1) is 17.3. The lowest BCUT2D eigenvalue weighted by Gasteiger charge is -2.30. The summed E-state index contributed by atoms with van der Waals surface area (Å²) in [5.74, 6) is -0.941. The minimum atomic E-state index is -0.579. The van der Waals surface area contributed by atoms with Crippen molar-refractivity contribution in [1.29, 1.82) is 0 Å². The van der Waals surface area contributed by atoms with Gasteiger partial charge in [0, 0.05) is 44.0 Å². The predicted octanol–water partition coefficient (Wildman–Crippen LogP) is 2.11. The largest absolute Gasteiger partial charge is 0.465 e. The highest BCUT2D eigenvalue weighted by Gasteiger charge is 2.22. The van der Waals surface area contributed by atoms with Gasteiger partial charge in [-0.3, -0.25) is 10.1 Å². The van der Waals surface area contributed by atoms with Crippen molar-refractivity contribution in [3.8, 4) is 0 Å². The number of methoxy groups -OCH3 is 2. The van der Waals surface area contributed by atoms with Gasteiger partial charge < -0.3 is 34.5 Å². The molecule has 12 heteroatoms. The number of non-ortho nitro benzene ring substituents is 1. The Kier molecular flexibility index (Phi) is 9.42. The van der Waals surface area contributed by atoms with Crippen molar-refractivity contribution in [2.24, 2.45) is 0 Å². The molecule has 194 valence electrons. The number of carbonyl (C=O) groups is 2. The molecule has 0 aromatic heterocycles. The Morgan fingerprint density at radius 2 is 1.28 bits per heavy atom. The third kappa shape index (κ3) is 6.61. The number of morpholine rings is 2. The Bertz CT molecular complexity index is 1080. The summed E-state index contributed by atoms with van der Waals surface area (Å²) in [6.45, 7) is 5.30. The van der Waals surface area contributed by atoms with Gasteiger partial charge in [-0.1, -0.05) is 0 Å². The van der Waals surface area contributed by atoms with E-state index in [-0.39, 0.29) is 17.2 Å². The van der Waals surface area contributed by atoms with E-state index in [1.807, 2.05) is 11.0 Å². The second-order valence-corrected chi connectivity index (χ2v) is 7.92. The third-order valence-electron chi connectivity index (χ3n) is 5.73. The minimum absolute atomic E-state index is 0.127. The van der Waals surface area contributed by atoms with Crippen molar-refractivity contribution in [2.75, 3.05) is 82.4 Å². The fourth-order valence-corrected chi connectivity index (χ4v) is 3.90. The molecule has 2 saturated heterocycles. The maximum atomic E-state index is 11.7. The van der Waals surface area contributed by atoms with Gasteiger partial charge in [0.25, 0.3) is 5.69 Å². The predicted molar refractivity (Wildman–Crippen MR) is 133 cm³/mol. The van der Waals surface area contributed by atoms with E-state index in [4.69, 9.17) is 19.9 Å². The monoisotopic (exact) mass is 502 g/mol. The number of nitro groups is 1. The number of nitrogen functional groups attached to an aromatic ring is 1. The number of rotatable bonds is 5. The van der Waals surface area contributed by atoms with E-state index in [0.29, 0.717) is 56.5 Å². The lowest BCUT2D eigenvalue weighted by Crippen LogP contribution is -2.37. The molecule has 0 saturated carbocycles. The molecule has 0 spiro atoms. The molecule has 0 unspecified atom stereocenters. The molecule has 2 N–H and O–H groups in total. The second-order valence-electron chi connectivity index (χ2n) is 7.92. The van der Waals surface area contributed by atoms with Gasteiger partial charge in [0.05, 0.1) is 68.1 Å². The van der Waals surface area contributed by atoms with Crippen LogP contribution in [-0.4, -0.2) is 83.7 Å². The molecule has 2 aromatic carbocycles. The summed E-state index contributed by atoms with van der Waals surface area (Å²) in [7, 11) is 2.62. The van der Waals surface area contributed by atoms with Crippen molar-refractivity contribution >= 4 is 34.7 Å². The van der Waals surface area contributed by atoms with Gasteiger partial charge >= 0.3 is 11.9 Å². The summed E-state index contributed by atoms with van der Waals surface area (Å²) in [5, 5.41) is 10.8. The molecule has 0 bridgehead atoms. The summed E-state index contributed by atoms with van der Waals surface area (Å²) < 4.78 is 20.0. The first-order valence-corrected chi connectivity index (χ1v) is 11.4. The smallest absolute Gasteiger partial charge is 0.340 e. The van der Waals surface area contributed by atoms with Gasteiger partial charge in [0.1, 0.15) is 0 Å². The number of anilines is 3. The van der Waals surface area contributed by atoms with Gasteiger partial charge in [-0.15, -0.1) is 0 Å². The van der Waals surface area contributed by atoms with E-state index in [1.54, 1.807) is 18.2 Å². The molecule has 2 aromatic rings. The van der Waals surface area contributed by atoms with E-state index < -0.39 is 10.9 Å². The molecule has 12 nitrogen and oxygen atoms in total. The summed E-state index contributed by atoms with van der Waals surface area (Å²) in [5.41, 5.74) is 8.34. The number of hydrogen-bond donors (Lipinski definition) is 1. The third-order valence-corrected chi connectivity index (χ3v) is 5.73. The van der Waals surface area contributed by atoms with Crippen LogP contribution < -0.4 is 15.5 Å². The van der Waals surface area contributed by atoms with Crippen molar-refractivity contribution in [3.63, 3.8) is 0 Å². The zero-order valence-corrected chi connectivity index (χ0v) is 20.3. The molecule has 0 amide bonds. The molecular formula is C24H30N4O8. The average molecular weight is 503 g/mol. The Hall–Kier alpha value is -3.90. The topological polar surface area (TPSA) is 147 Å². The number of nitro benzene ring substituents is 1. The Labute approximate surface area is 208 Å². The fourth-order valence-electron chi connectivity index (χ4n) is 3.90. The normalized spacial score (nSPS) is 15.4. The Balaban J connectivity index is 0.000000202. The number of nitrogens with two attached hydrogens (primary N) is 1. The summed E-state index contributed by atoms with van der Waals surface area (Å²) in [6.07, 6.45) is 0. The number of benzene rings is 2. The summed E-state index contributed by atoms with van der Waals surface area (Å²) in [4.78, 5) is 37.7. The van der Waals surface area contributed by atoms with Crippen LogP contribution in [0.25, 0.3) is 0 Å². The van der Waals surface area contributed by atoms with E-state index in [2.05, 4.69) is 9.64 Å². The zero-order valence-electron chi connectivity index (χ0n) is 20.3. The quantitative estimate of drug-likeness (QED) is 0.277. The fraction of sp³-hybridized carbons (Fsp3) is 0.417.